The Morgan fingerprint density at radius 3 is 2.75 bits per heavy atom. The molecule has 0 atom stereocenters. The van der Waals surface area contributed by atoms with Crippen LogP contribution in [0.15, 0.2) is 12.3 Å². The van der Waals surface area contributed by atoms with Crippen molar-refractivity contribution < 1.29 is 9.84 Å². The van der Waals surface area contributed by atoms with Crippen molar-refractivity contribution in [3.8, 4) is 11.6 Å². The van der Waals surface area contributed by atoms with E-state index in [4.69, 9.17) is 5.11 Å². The second-order valence-corrected chi connectivity index (χ2v) is 1.40. The predicted molar refractivity (Wildman–Crippen MR) is 29.0 cm³/mol. The maximum absolute atomic E-state index is 8.79. The van der Waals surface area contributed by atoms with E-state index in [9.17, 15) is 0 Å². The Bertz CT molecular complexity index is 171. The van der Waals surface area contributed by atoms with E-state index in [-0.39, 0.29) is 5.75 Å². The van der Waals surface area contributed by atoms with Crippen molar-refractivity contribution in [3.63, 3.8) is 0 Å². The van der Waals surface area contributed by atoms with Gasteiger partial charge in [-0.3, -0.25) is 0 Å². The largest absolute Gasteiger partial charge is 0.503 e. The van der Waals surface area contributed by atoms with Crippen LogP contribution in [0.5, 0.6) is 11.6 Å². The third-order valence-corrected chi connectivity index (χ3v) is 0.892. The number of H-pyrrole nitrogens is 1. The lowest BCUT2D eigenvalue weighted by atomic mass is 10.6. The van der Waals surface area contributed by atoms with E-state index in [0.29, 0.717) is 5.88 Å². The summed E-state index contributed by atoms with van der Waals surface area (Å²) in [6.07, 6.45) is 1.61. The van der Waals surface area contributed by atoms with Crippen LogP contribution in [0.25, 0.3) is 0 Å². The van der Waals surface area contributed by atoms with Gasteiger partial charge in [0.15, 0.2) is 5.75 Å². The van der Waals surface area contributed by atoms with Crippen LogP contribution in [0.3, 0.4) is 0 Å². The van der Waals surface area contributed by atoms with E-state index in [2.05, 4.69) is 9.72 Å². The SMILES string of the molecule is COc1[nH]ccc1O. The number of aromatic hydroxyl groups is 1. The maximum Gasteiger partial charge on any atom is 0.234 e. The zero-order valence-corrected chi connectivity index (χ0v) is 4.51. The predicted octanol–water partition coefficient (Wildman–Crippen LogP) is 0.729. The Morgan fingerprint density at radius 2 is 2.50 bits per heavy atom. The summed E-state index contributed by atoms with van der Waals surface area (Å²) < 4.78 is 4.68. The molecule has 0 saturated heterocycles. The molecule has 0 aliphatic heterocycles. The Hall–Kier alpha value is -1.12. The van der Waals surface area contributed by atoms with Gasteiger partial charge in [-0.2, -0.15) is 0 Å². The quantitative estimate of drug-likeness (QED) is 0.563. The van der Waals surface area contributed by atoms with Crippen LogP contribution >= 0.6 is 0 Å². The van der Waals surface area contributed by atoms with Crippen LogP contribution in [-0.2, 0) is 0 Å². The molecule has 3 heteroatoms. The average molecular weight is 113 g/mol. The molecule has 1 rings (SSSR count). The van der Waals surface area contributed by atoms with Gasteiger partial charge in [-0.15, -0.1) is 0 Å². The summed E-state index contributed by atoms with van der Waals surface area (Å²) in [7, 11) is 1.49. The third kappa shape index (κ3) is 0.621. The van der Waals surface area contributed by atoms with Gasteiger partial charge in [0.1, 0.15) is 0 Å². The highest BCUT2D eigenvalue weighted by atomic mass is 16.5. The zero-order chi connectivity index (χ0) is 5.98. The van der Waals surface area contributed by atoms with Crippen molar-refractivity contribution in [2.75, 3.05) is 7.11 Å². The van der Waals surface area contributed by atoms with Crippen molar-refractivity contribution in [1.82, 2.24) is 4.98 Å². The Balaban J connectivity index is 2.92. The monoisotopic (exact) mass is 113 g/mol. The molecule has 0 aliphatic rings. The van der Waals surface area contributed by atoms with Crippen LogP contribution in [-0.4, -0.2) is 17.2 Å². The molecule has 1 aromatic rings. The van der Waals surface area contributed by atoms with Crippen molar-refractivity contribution in [2.45, 2.75) is 0 Å². The normalized spacial score (nSPS) is 9.12. The lowest BCUT2D eigenvalue weighted by molar-refractivity contribution is 0.364. The van der Waals surface area contributed by atoms with Gasteiger partial charge in [-0.05, 0) is 0 Å². The minimum Gasteiger partial charge on any atom is -0.503 e. The number of ether oxygens (including phenoxy) is 1. The molecule has 0 amide bonds. The average Bonchev–Trinajstić information content (AvgIpc) is 2.14. The minimum absolute atomic E-state index is 0.146. The van der Waals surface area contributed by atoms with Crippen LogP contribution in [0, 0.1) is 0 Å². The van der Waals surface area contributed by atoms with Crippen LogP contribution in [0.2, 0.25) is 0 Å². The molecule has 0 spiro atoms. The van der Waals surface area contributed by atoms with E-state index in [1.54, 1.807) is 6.20 Å². The van der Waals surface area contributed by atoms with E-state index in [0.717, 1.165) is 0 Å². The zero-order valence-electron chi connectivity index (χ0n) is 4.51. The molecule has 0 unspecified atom stereocenters. The molecule has 2 N–H and O–H groups in total. The van der Waals surface area contributed by atoms with Gasteiger partial charge in [0.05, 0.1) is 7.11 Å². The number of nitrogens with one attached hydrogen (secondary N) is 1. The van der Waals surface area contributed by atoms with Gasteiger partial charge < -0.3 is 14.8 Å². The van der Waals surface area contributed by atoms with Crippen molar-refractivity contribution in [1.29, 1.82) is 0 Å². The Labute approximate surface area is 46.9 Å². The lowest BCUT2D eigenvalue weighted by Crippen LogP contribution is -1.80. The fourth-order valence-electron chi connectivity index (χ4n) is 0.509. The Kier molecular flexibility index (Phi) is 1.12. The molecule has 0 aromatic carbocycles. The molecule has 3 nitrogen and oxygen atoms in total. The van der Waals surface area contributed by atoms with Crippen LogP contribution in [0.1, 0.15) is 0 Å². The van der Waals surface area contributed by atoms with Gasteiger partial charge >= 0.3 is 0 Å². The molecule has 1 aromatic heterocycles. The second kappa shape index (κ2) is 1.78. The molecular formula is C5H7NO2. The molecule has 0 radical (unpaired) electrons. The highest BCUT2D eigenvalue weighted by molar-refractivity contribution is 5.31. The fourth-order valence-corrected chi connectivity index (χ4v) is 0.509. The summed E-state index contributed by atoms with van der Waals surface area (Å²) in [6, 6.07) is 1.53. The summed E-state index contributed by atoms with van der Waals surface area (Å²) in [6.45, 7) is 0. The molecule has 0 bridgehead atoms. The van der Waals surface area contributed by atoms with Crippen LogP contribution in [0.4, 0.5) is 0 Å². The first-order valence-corrected chi connectivity index (χ1v) is 2.25. The van der Waals surface area contributed by atoms with Crippen molar-refractivity contribution in [3.05, 3.63) is 12.3 Å². The first-order chi connectivity index (χ1) is 3.84. The molecule has 0 aliphatic carbocycles. The van der Waals surface area contributed by atoms with Gasteiger partial charge in [0.2, 0.25) is 5.88 Å². The van der Waals surface area contributed by atoms with Crippen LogP contribution < -0.4 is 4.74 Å². The fraction of sp³-hybridized carbons (Fsp3) is 0.200. The number of aromatic nitrogens is 1. The van der Waals surface area contributed by atoms with Gasteiger partial charge in [0.25, 0.3) is 0 Å². The molecule has 0 fully saturated rings. The summed E-state index contributed by atoms with van der Waals surface area (Å²) in [4.78, 5) is 2.68. The van der Waals surface area contributed by atoms with E-state index >= 15 is 0 Å². The summed E-state index contributed by atoms with van der Waals surface area (Å²) in [5.41, 5.74) is 0. The topological polar surface area (TPSA) is 45.2 Å². The second-order valence-electron chi connectivity index (χ2n) is 1.40. The maximum atomic E-state index is 8.79. The minimum atomic E-state index is 0.146. The van der Waals surface area contributed by atoms with E-state index < -0.39 is 0 Å². The standard InChI is InChI=1S/C5H7NO2/c1-8-5-4(7)2-3-6-5/h2-3,6-7H,1H3. The molecule has 1 heterocycles. The first kappa shape index (κ1) is 5.03. The number of rotatable bonds is 1. The van der Waals surface area contributed by atoms with E-state index in [1.807, 2.05) is 0 Å². The highest BCUT2D eigenvalue weighted by Crippen LogP contribution is 2.21. The molecule has 0 saturated carbocycles. The van der Waals surface area contributed by atoms with Gasteiger partial charge in [0, 0.05) is 12.3 Å². The summed E-state index contributed by atoms with van der Waals surface area (Å²) in [5.74, 6) is 0.553. The van der Waals surface area contributed by atoms with Gasteiger partial charge in [-0.25, -0.2) is 0 Å². The number of hydrogen-bond donors (Lipinski definition) is 2. The smallest absolute Gasteiger partial charge is 0.234 e. The van der Waals surface area contributed by atoms with Crippen molar-refractivity contribution in [2.24, 2.45) is 0 Å². The van der Waals surface area contributed by atoms with E-state index in [1.165, 1.54) is 13.2 Å². The van der Waals surface area contributed by atoms with Gasteiger partial charge in [-0.1, -0.05) is 0 Å². The number of aromatic amines is 1. The highest BCUT2D eigenvalue weighted by Gasteiger charge is 1.96. The summed E-state index contributed by atoms with van der Waals surface area (Å²) >= 11 is 0. The first-order valence-electron chi connectivity index (χ1n) is 2.25. The molecule has 44 valence electrons. The molecular weight excluding hydrogens is 106 g/mol. The Morgan fingerprint density at radius 1 is 1.75 bits per heavy atom. The number of hydrogen-bond acceptors (Lipinski definition) is 2. The number of methoxy groups -OCH3 is 1. The third-order valence-electron chi connectivity index (χ3n) is 0.892. The lowest BCUT2D eigenvalue weighted by Gasteiger charge is -1.92. The van der Waals surface area contributed by atoms with Crippen molar-refractivity contribution >= 4 is 0 Å². The molecule has 8 heavy (non-hydrogen) atoms. The summed E-state index contributed by atoms with van der Waals surface area (Å²) in [5, 5.41) is 8.79.